The largest absolute Gasteiger partial charge is 0.462 e. The molecule has 0 heterocycles. The van der Waals surface area contributed by atoms with Crippen molar-refractivity contribution in [2.45, 2.75) is 348 Å². The van der Waals surface area contributed by atoms with Gasteiger partial charge in [-0.05, 0) is 57.8 Å². The number of allylic oxidation sites excluding steroid dienone is 8. The van der Waals surface area contributed by atoms with Crippen LogP contribution in [0.2, 0.25) is 0 Å². The lowest BCUT2D eigenvalue weighted by Crippen LogP contribution is -2.30. The van der Waals surface area contributed by atoms with Gasteiger partial charge in [-0.15, -0.1) is 0 Å². The van der Waals surface area contributed by atoms with Crippen molar-refractivity contribution < 1.29 is 28.6 Å². The maximum Gasteiger partial charge on any atom is 0.306 e. The smallest absolute Gasteiger partial charge is 0.306 e. The van der Waals surface area contributed by atoms with Crippen molar-refractivity contribution in [3.63, 3.8) is 0 Å². The van der Waals surface area contributed by atoms with Crippen LogP contribution in [-0.4, -0.2) is 37.2 Å². The van der Waals surface area contributed by atoms with Gasteiger partial charge in [-0.25, -0.2) is 0 Å². The molecule has 0 bridgehead atoms. The van der Waals surface area contributed by atoms with E-state index in [-0.39, 0.29) is 31.1 Å². The lowest BCUT2D eigenvalue weighted by Gasteiger charge is -2.18. The maximum atomic E-state index is 12.9. The van der Waals surface area contributed by atoms with Gasteiger partial charge < -0.3 is 14.2 Å². The molecular formula is C67H122O6. The summed E-state index contributed by atoms with van der Waals surface area (Å²) >= 11 is 0. The van der Waals surface area contributed by atoms with Crippen molar-refractivity contribution in [3.05, 3.63) is 48.6 Å². The molecule has 0 aromatic carbocycles. The topological polar surface area (TPSA) is 78.9 Å². The number of carbonyl (C=O) groups is 3. The molecule has 0 aliphatic carbocycles. The Morgan fingerprint density at radius 1 is 0.288 bits per heavy atom. The summed E-state index contributed by atoms with van der Waals surface area (Å²) in [7, 11) is 0. The molecule has 0 unspecified atom stereocenters. The standard InChI is InChI=1S/C67H122O6/c1-4-7-10-13-16-19-22-25-28-31-33-36-38-41-44-47-50-53-56-59-65(68)71-62-64(73-67(70)61-58-55-52-49-46-43-40-35-30-27-24-21-18-15-12-9-6-3)63-72-66(69)60-57-54-51-48-45-42-39-37-34-32-29-26-23-20-17-14-11-8-5-2/h9,12,18,21,27,30,40,43,64H,4-8,10-11,13-17,19-20,22-26,28-29,31-39,41-42,44-63H2,1-3H3/b12-9-,21-18-,30-27-,43-40-. The van der Waals surface area contributed by atoms with E-state index in [1.54, 1.807) is 0 Å². The fourth-order valence-electron chi connectivity index (χ4n) is 9.56. The summed E-state index contributed by atoms with van der Waals surface area (Å²) in [6.07, 6.45) is 76.9. The fourth-order valence-corrected chi connectivity index (χ4v) is 9.56. The van der Waals surface area contributed by atoms with Gasteiger partial charge in [0, 0.05) is 19.3 Å². The van der Waals surface area contributed by atoms with E-state index in [4.69, 9.17) is 14.2 Å². The molecule has 0 fully saturated rings. The number of ether oxygens (including phenoxy) is 3. The number of esters is 3. The predicted molar refractivity (Wildman–Crippen MR) is 316 cm³/mol. The third-order valence-corrected chi connectivity index (χ3v) is 14.3. The average molecular weight is 1020 g/mol. The molecule has 0 aromatic rings. The quantitative estimate of drug-likeness (QED) is 0.0261. The van der Waals surface area contributed by atoms with Crippen LogP contribution in [0.15, 0.2) is 48.6 Å². The second-order valence-electron chi connectivity index (χ2n) is 21.7. The van der Waals surface area contributed by atoms with Gasteiger partial charge in [-0.2, -0.15) is 0 Å². The van der Waals surface area contributed by atoms with Gasteiger partial charge in [0.15, 0.2) is 6.10 Å². The highest BCUT2D eigenvalue weighted by Gasteiger charge is 2.19. The average Bonchev–Trinajstić information content (AvgIpc) is 3.39. The van der Waals surface area contributed by atoms with Crippen LogP contribution in [0.1, 0.15) is 342 Å². The first kappa shape index (κ1) is 70.4. The summed E-state index contributed by atoms with van der Waals surface area (Å²) in [5.41, 5.74) is 0. The van der Waals surface area contributed by atoms with Crippen LogP contribution >= 0.6 is 0 Å². The molecule has 6 heteroatoms. The minimum Gasteiger partial charge on any atom is -0.462 e. The van der Waals surface area contributed by atoms with E-state index in [2.05, 4.69) is 69.4 Å². The number of unbranched alkanes of at least 4 members (excludes halogenated alkanes) is 40. The summed E-state index contributed by atoms with van der Waals surface area (Å²) in [5, 5.41) is 0. The second kappa shape index (κ2) is 61.9. The minimum atomic E-state index is -0.784. The van der Waals surface area contributed by atoms with Gasteiger partial charge in [0.05, 0.1) is 0 Å². The highest BCUT2D eigenvalue weighted by atomic mass is 16.6. The molecule has 0 aliphatic rings. The molecule has 0 amide bonds. The van der Waals surface area contributed by atoms with Gasteiger partial charge in [0.2, 0.25) is 0 Å². The Labute approximate surface area is 454 Å². The first-order valence-corrected chi connectivity index (χ1v) is 32.1. The Hall–Kier alpha value is -2.63. The van der Waals surface area contributed by atoms with Gasteiger partial charge in [-0.3, -0.25) is 14.4 Å². The normalized spacial score (nSPS) is 11.9. The summed E-state index contributed by atoms with van der Waals surface area (Å²) in [5.74, 6) is -0.878. The fraction of sp³-hybridized carbons (Fsp3) is 0.836. The molecule has 426 valence electrons. The number of hydrogen-bond acceptors (Lipinski definition) is 6. The number of rotatable bonds is 59. The molecule has 0 spiro atoms. The van der Waals surface area contributed by atoms with E-state index in [1.165, 1.54) is 205 Å². The van der Waals surface area contributed by atoms with Gasteiger partial charge in [-0.1, -0.05) is 313 Å². The number of carbonyl (C=O) groups excluding carboxylic acids is 3. The van der Waals surface area contributed by atoms with Crippen LogP contribution in [0.5, 0.6) is 0 Å². The van der Waals surface area contributed by atoms with Crippen molar-refractivity contribution in [3.8, 4) is 0 Å². The Morgan fingerprint density at radius 3 is 0.836 bits per heavy atom. The van der Waals surface area contributed by atoms with E-state index >= 15 is 0 Å². The predicted octanol–water partition coefficient (Wildman–Crippen LogP) is 21.8. The zero-order valence-electron chi connectivity index (χ0n) is 48.9. The summed E-state index contributed by atoms with van der Waals surface area (Å²) < 4.78 is 16.9. The van der Waals surface area contributed by atoms with E-state index in [1.807, 2.05) is 0 Å². The molecule has 0 rings (SSSR count). The second-order valence-corrected chi connectivity index (χ2v) is 21.7. The molecule has 0 radical (unpaired) electrons. The Kier molecular flexibility index (Phi) is 59.7. The van der Waals surface area contributed by atoms with Crippen LogP contribution in [0.25, 0.3) is 0 Å². The van der Waals surface area contributed by atoms with E-state index in [0.717, 1.165) is 96.3 Å². The van der Waals surface area contributed by atoms with Crippen molar-refractivity contribution >= 4 is 17.9 Å². The van der Waals surface area contributed by atoms with Crippen molar-refractivity contribution in [2.75, 3.05) is 13.2 Å². The SMILES string of the molecule is CC/C=C\C/C=C\C/C=C\C/C=C\CCCCCCC(=O)OC(COC(=O)CCCCCCCCCCCCCCCCCCCCC)COC(=O)CCCCCCCCCCCCCCCCCCCCC. The zero-order chi connectivity index (χ0) is 52.9. The summed E-state index contributed by atoms with van der Waals surface area (Å²) in [6, 6.07) is 0. The summed E-state index contributed by atoms with van der Waals surface area (Å²) in [4.78, 5) is 38.3. The maximum absolute atomic E-state index is 12.9. The van der Waals surface area contributed by atoms with Gasteiger partial charge in [0.25, 0.3) is 0 Å². The van der Waals surface area contributed by atoms with Crippen LogP contribution in [0.4, 0.5) is 0 Å². The molecule has 0 N–H and O–H groups in total. The molecule has 0 atom stereocenters. The molecular weight excluding hydrogens is 901 g/mol. The first-order chi connectivity index (χ1) is 36.0. The monoisotopic (exact) mass is 1020 g/mol. The van der Waals surface area contributed by atoms with Crippen LogP contribution < -0.4 is 0 Å². The molecule has 0 saturated heterocycles. The van der Waals surface area contributed by atoms with Crippen molar-refractivity contribution in [2.24, 2.45) is 0 Å². The zero-order valence-corrected chi connectivity index (χ0v) is 48.9. The third kappa shape index (κ3) is 60.1. The first-order valence-electron chi connectivity index (χ1n) is 32.1. The van der Waals surface area contributed by atoms with Crippen molar-refractivity contribution in [1.82, 2.24) is 0 Å². The van der Waals surface area contributed by atoms with Crippen LogP contribution in [0.3, 0.4) is 0 Å². The number of hydrogen-bond donors (Lipinski definition) is 0. The lowest BCUT2D eigenvalue weighted by atomic mass is 10.0. The molecule has 0 saturated carbocycles. The van der Waals surface area contributed by atoms with Crippen molar-refractivity contribution in [1.29, 1.82) is 0 Å². The van der Waals surface area contributed by atoms with E-state index in [9.17, 15) is 14.4 Å². The lowest BCUT2D eigenvalue weighted by molar-refractivity contribution is -0.167. The summed E-state index contributed by atoms with van der Waals surface area (Å²) in [6.45, 7) is 6.57. The van der Waals surface area contributed by atoms with Crippen LogP contribution in [-0.2, 0) is 28.6 Å². The Morgan fingerprint density at radius 2 is 0.534 bits per heavy atom. The highest BCUT2D eigenvalue weighted by molar-refractivity contribution is 5.71. The van der Waals surface area contributed by atoms with E-state index in [0.29, 0.717) is 19.3 Å². The Balaban J connectivity index is 4.35. The van der Waals surface area contributed by atoms with Gasteiger partial charge in [0.1, 0.15) is 13.2 Å². The van der Waals surface area contributed by atoms with Crippen LogP contribution in [0, 0.1) is 0 Å². The molecule has 73 heavy (non-hydrogen) atoms. The third-order valence-electron chi connectivity index (χ3n) is 14.3. The Bertz CT molecular complexity index is 1210. The van der Waals surface area contributed by atoms with E-state index < -0.39 is 6.10 Å². The highest BCUT2D eigenvalue weighted by Crippen LogP contribution is 2.18. The van der Waals surface area contributed by atoms with Gasteiger partial charge >= 0.3 is 17.9 Å². The minimum absolute atomic E-state index is 0.0783. The molecule has 6 nitrogen and oxygen atoms in total. The molecule has 0 aromatic heterocycles. The molecule has 0 aliphatic heterocycles.